The summed E-state index contributed by atoms with van der Waals surface area (Å²) in [4.78, 5) is 41.2. The van der Waals surface area contributed by atoms with Crippen molar-refractivity contribution < 1.29 is 23.7 Å². The van der Waals surface area contributed by atoms with Gasteiger partial charge in [0, 0.05) is 11.5 Å². The van der Waals surface area contributed by atoms with Crippen LogP contribution in [-0.2, 0) is 10.3 Å². The molecule has 0 saturated heterocycles. The molecule has 0 radical (unpaired) electrons. The van der Waals surface area contributed by atoms with Gasteiger partial charge in [-0.2, -0.15) is 0 Å². The molecule has 0 fully saturated rings. The van der Waals surface area contributed by atoms with Gasteiger partial charge in [0.2, 0.25) is 5.76 Å². The fourth-order valence-corrected chi connectivity index (χ4v) is 2.10. The summed E-state index contributed by atoms with van der Waals surface area (Å²) in [6, 6.07) is 7.68. The van der Waals surface area contributed by atoms with Crippen LogP contribution in [0.2, 0.25) is 0 Å². The predicted octanol–water partition coefficient (Wildman–Crippen LogP) is 2.34. The van der Waals surface area contributed by atoms with E-state index >= 15 is 0 Å². The normalized spacial score (nSPS) is 14.1. The SMILES string of the molecule is CC(C)(C)c1cc(C(=O)ON2C(=O)c3ccccc3C2=O)on1. The van der Waals surface area contributed by atoms with Crippen molar-refractivity contribution in [3.05, 3.63) is 52.9 Å². The molecular formula is C16H14N2O5. The first-order chi connectivity index (χ1) is 10.8. The summed E-state index contributed by atoms with van der Waals surface area (Å²) in [7, 11) is 0. The Bertz CT molecular complexity index is 781. The monoisotopic (exact) mass is 314 g/mol. The minimum atomic E-state index is -0.956. The van der Waals surface area contributed by atoms with Gasteiger partial charge in [-0.3, -0.25) is 9.59 Å². The Morgan fingerprint density at radius 2 is 1.70 bits per heavy atom. The summed E-state index contributed by atoms with van der Waals surface area (Å²) >= 11 is 0. The first kappa shape index (κ1) is 15.0. The van der Waals surface area contributed by atoms with E-state index < -0.39 is 17.8 Å². The van der Waals surface area contributed by atoms with Crippen molar-refractivity contribution in [2.75, 3.05) is 0 Å². The highest BCUT2D eigenvalue weighted by Gasteiger charge is 2.39. The number of hydrogen-bond donors (Lipinski definition) is 0. The number of rotatable bonds is 2. The van der Waals surface area contributed by atoms with Crippen LogP contribution in [0, 0.1) is 0 Å². The molecule has 3 rings (SSSR count). The number of carbonyl (C=O) groups is 3. The molecule has 2 heterocycles. The lowest BCUT2D eigenvalue weighted by atomic mass is 9.92. The summed E-state index contributed by atoms with van der Waals surface area (Å²) in [5.41, 5.74) is 0.640. The molecule has 1 aliphatic heterocycles. The number of carbonyl (C=O) groups excluding carboxylic acids is 3. The van der Waals surface area contributed by atoms with Crippen LogP contribution in [-0.4, -0.2) is 28.0 Å². The summed E-state index contributed by atoms with van der Waals surface area (Å²) in [6.07, 6.45) is 0. The molecule has 23 heavy (non-hydrogen) atoms. The third kappa shape index (κ3) is 2.50. The van der Waals surface area contributed by atoms with Crippen LogP contribution in [0.25, 0.3) is 0 Å². The first-order valence-corrected chi connectivity index (χ1v) is 6.96. The second-order valence-electron chi connectivity index (χ2n) is 6.16. The van der Waals surface area contributed by atoms with Crippen molar-refractivity contribution in [1.29, 1.82) is 0 Å². The first-order valence-electron chi connectivity index (χ1n) is 6.96. The van der Waals surface area contributed by atoms with Crippen LogP contribution in [0.3, 0.4) is 0 Å². The van der Waals surface area contributed by atoms with Crippen molar-refractivity contribution in [3.8, 4) is 0 Å². The Labute approximate surface area is 131 Å². The molecule has 1 aliphatic rings. The van der Waals surface area contributed by atoms with Crippen LogP contribution < -0.4 is 0 Å². The minimum Gasteiger partial charge on any atom is -0.349 e. The molecule has 7 heteroatoms. The Kier molecular flexibility index (Phi) is 3.28. The number of nitrogens with zero attached hydrogens (tertiary/aromatic N) is 2. The van der Waals surface area contributed by atoms with Crippen molar-refractivity contribution >= 4 is 17.8 Å². The van der Waals surface area contributed by atoms with Gasteiger partial charge in [0.25, 0.3) is 11.8 Å². The standard InChI is InChI=1S/C16H14N2O5/c1-16(2,3)12-8-11(22-17-12)15(21)23-18-13(19)9-6-4-5-7-10(9)14(18)20/h4-8H,1-3H3. The Balaban J connectivity index is 1.81. The van der Waals surface area contributed by atoms with Gasteiger partial charge in [-0.1, -0.05) is 43.1 Å². The van der Waals surface area contributed by atoms with Crippen molar-refractivity contribution in [1.82, 2.24) is 10.2 Å². The highest BCUT2D eigenvalue weighted by Crippen LogP contribution is 2.25. The molecule has 118 valence electrons. The van der Waals surface area contributed by atoms with Gasteiger partial charge >= 0.3 is 5.97 Å². The molecule has 0 atom stereocenters. The van der Waals surface area contributed by atoms with E-state index in [4.69, 9.17) is 9.36 Å². The van der Waals surface area contributed by atoms with Gasteiger partial charge in [0.15, 0.2) is 0 Å². The fourth-order valence-electron chi connectivity index (χ4n) is 2.10. The lowest BCUT2D eigenvalue weighted by Gasteiger charge is -2.12. The van der Waals surface area contributed by atoms with E-state index in [9.17, 15) is 14.4 Å². The van der Waals surface area contributed by atoms with Crippen molar-refractivity contribution in [3.63, 3.8) is 0 Å². The molecule has 0 bridgehead atoms. The zero-order valence-electron chi connectivity index (χ0n) is 12.8. The lowest BCUT2D eigenvalue weighted by molar-refractivity contribution is -0.0607. The zero-order valence-corrected chi connectivity index (χ0v) is 12.8. The minimum absolute atomic E-state index is 0.175. The van der Waals surface area contributed by atoms with E-state index in [2.05, 4.69) is 5.16 Å². The maximum atomic E-state index is 12.1. The smallest absolute Gasteiger partial charge is 0.349 e. The maximum absolute atomic E-state index is 12.1. The average Bonchev–Trinajstić information content (AvgIpc) is 3.08. The summed E-state index contributed by atoms with van der Waals surface area (Å²) in [5.74, 6) is -2.50. The molecule has 0 spiro atoms. The summed E-state index contributed by atoms with van der Waals surface area (Å²) in [5, 5.41) is 4.23. The number of hydrogen-bond acceptors (Lipinski definition) is 6. The molecular weight excluding hydrogens is 300 g/mol. The molecule has 7 nitrogen and oxygen atoms in total. The number of amides is 2. The number of fused-ring (bicyclic) bond motifs is 1. The second-order valence-corrected chi connectivity index (χ2v) is 6.16. The molecule has 2 amide bonds. The quantitative estimate of drug-likeness (QED) is 0.790. The maximum Gasteiger partial charge on any atom is 0.401 e. The number of aromatic nitrogens is 1. The second kappa shape index (κ2) is 5.05. The molecule has 1 aromatic carbocycles. The Hall–Kier alpha value is -2.96. The highest BCUT2D eigenvalue weighted by molar-refractivity contribution is 6.21. The van der Waals surface area contributed by atoms with Crippen LogP contribution >= 0.6 is 0 Å². The summed E-state index contributed by atoms with van der Waals surface area (Å²) < 4.78 is 4.94. The van der Waals surface area contributed by atoms with E-state index in [0.29, 0.717) is 10.8 Å². The Morgan fingerprint density at radius 1 is 1.13 bits per heavy atom. The summed E-state index contributed by atoms with van der Waals surface area (Å²) in [6.45, 7) is 5.72. The van der Waals surface area contributed by atoms with E-state index in [-0.39, 0.29) is 22.3 Å². The van der Waals surface area contributed by atoms with Crippen LogP contribution in [0.5, 0.6) is 0 Å². The largest absolute Gasteiger partial charge is 0.401 e. The topological polar surface area (TPSA) is 89.7 Å². The number of benzene rings is 1. The molecule has 1 aromatic heterocycles. The number of imide groups is 1. The third-order valence-electron chi connectivity index (χ3n) is 3.41. The van der Waals surface area contributed by atoms with Crippen LogP contribution in [0.1, 0.15) is 57.7 Å². The molecule has 0 saturated carbocycles. The van der Waals surface area contributed by atoms with E-state index in [1.807, 2.05) is 20.8 Å². The van der Waals surface area contributed by atoms with Gasteiger partial charge in [-0.05, 0) is 12.1 Å². The van der Waals surface area contributed by atoms with Gasteiger partial charge in [-0.15, -0.1) is 0 Å². The van der Waals surface area contributed by atoms with Gasteiger partial charge in [0.1, 0.15) is 0 Å². The molecule has 0 aliphatic carbocycles. The number of hydroxylamine groups is 2. The third-order valence-corrected chi connectivity index (χ3v) is 3.41. The van der Waals surface area contributed by atoms with Crippen molar-refractivity contribution in [2.45, 2.75) is 26.2 Å². The van der Waals surface area contributed by atoms with E-state index in [1.165, 1.54) is 18.2 Å². The average molecular weight is 314 g/mol. The van der Waals surface area contributed by atoms with Gasteiger partial charge in [-0.25, -0.2) is 4.79 Å². The molecule has 2 aromatic rings. The predicted molar refractivity (Wildman–Crippen MR) is 77.6 cm³/mol. The molecule has 0 N–H and O–H groups in total. The van der Waals surface area contributed by atoms with E-state index in [0.717, 1.165) is 0 Å². The lowest BCUT2D eigenvalue weighted by Crippen LogP contribution is -2.32. The zero-order chi connectivity index (χ0) is 16.8. The van der Waals surface area contributed by atoms with Crippen LogP contribution in [0.15, 0.2) is 34.9 Å². The van der Waals surface area contributed by atoms with Gasteiger partial charge < -0.3 is 9.36 Å². The van der Waals surface area contributed by atoms with Crippen LogP contribution in [0.4, 0.5) is 0 Å². The molecule has 0 unspecified atom stereocenters. The Morgan fingerprint density at radius 3 is 2.17 bits per heavy atom. The van der Waals surface area contributed by atoms with Gasteiger partial charge in [0.05, 0.1) is 16.8 Å². The fraction of sp³-hybridized carbons (Fsp3) is 0.250. The van der Waals surface area contributed by atoms with Crippen molar-refractivity contribution in [2.24, 2.45) is 0 Å². The van der Waals surface area contributed by atoms with E-state index in [1.54, 1.807) is 12.1 Å². The highest BCUT2D eigenvalue weighted by atomic mass is 16.7.